The average molecular weight is 270 g/mol. The van der Waals surface area contributed by atoms with Crippen molar-refractivity contribution in [3.8, 4) is 0 Å². The van der Waals surface area contributed by atoms with Crippen LogP contribution in [0.3, 0.4) is 0 Å². The Hall–Kier alpha value is -0.610. The van der Waals surface area contributed by atoms with E-state index in [-0.39, 0.29) is 5.97 Å². The van der Waals surface area contributed by atoms with E-state index in [9.17, 15) is 4.79 Å². The van der Waals surface area contributed by atoms with Gasteiger partial charge >= 0.3 is 5.97 Å². The number of rotatable bonds is 5. The Balaban J connectivity index is 2.45. The molecule has 1 atom stereocenters. The van der Waals surface area contributed by atoms with Gasteiger partial charge in [0.25, 0.3) is 0 Å². The molecule has 0 amide bonds. The van der Waals surface area contributed by atoms with Crippen molar-refractivity contribution in [3.05, 3.63) is 0 Å². The molecule has 0 aromatic heterocycles. The van der Waals surface area contributed by atoms with Crippen LogP contribution in [0.4, 0.5) is 0 Å². The molecule has 1 aliphatic rings. The Morgan fingerprint density at radius 2 is 2.05 bits per heavy atom. The Morgan fingerprint density at radius 3 is 2.53 bits per heavy atom. The first kappa shape index (κ1) is 16.4. The maximum atomic E-state index is 11.9. The van der Waals surface area contributed by atoms with Crippen molar-refractivity contribution in [2.75, 3.05) is 19.6 Å². The molecule has 19 heavy (non-hydrogen) atoms. The fraction of sp³-hybridized carbons (Fsp3) is 0.933. The fourth-order valence-electron chi connectivity index (χ4n) is 2.36. The lowest BCUT2D eigenvalue weighted by Gasteiger charge is -2.33. The summed E-state index contributed by atoms with van der Waals surface area (Å²) in [7, 11) is 0. The minimum Gasteiger partial charge on any atom is -0.459 e. The number of piperidine rings is 1. The normalized spacial score (nSPS) is 20.9. The van der Waals surface area contributed by atoms with E-state index in [2.05, 4.69) is 24.1 Å². The zero-order valence-electron chi connectivity index (χ0n) is 13.2. The summed E-state index contributed by atoms with van der Waals surface area (Å²) in [6.45, 7) is 12.4. The summed E-state index contributed by atoms with van der Waals surface area (Å²) >= 11 is 0. The zero-order chi connectivity index (χ0) is 14.5. The summed E-state index contributed by atoms with van der Waals surface area (Å²) in [5.74, 6) is -0.128. The molecule has 1 saturated heterocycles. The summed E-state index contributed by atoms with van der Waals surface area (Å²) in [5.41, 5.74) is -0.400. The molecule has 1 aliphatic heterocycles. The van der Waals surface area contributed by atoms with Gasteiger partial charge in [-0.05, 0) is 54.0 Å². The highest BCUT2D eigenvalue weighted by Crippen LogP contribution is 2.12. The van der Waals surface area contributed by atoms with Crippen molar-refractivity contribution in [1.82, 2.24) is 10.2 Å². The van der Waals surface area contributed by atoms with E-state index in [1.165, 1.54) is 19.3 Å². The van der Waals surface area contributed by atoms with Crippen LogP contribution in [0.25, 0.3) is 0 Å². The number of carbonyl (C=O) groups is 1. The van der Waals surface area contributed by atoms with Crippen molar-refractivity contribution >= 4 is 5.97 Å². The van der Waals surface area contributed by atoms with Crippen LogP contribution in [0.15, 0.2) is 0 Å². The zero-order valence-corrected chi connectivity index (χ0v) is 13.2. The molecule has 112 valence electrons. The molecule has 4 heteroatoms. The average Bonchev–Trinajstić information content (AvgIpc) is 2.26. The fourth-order valence-corrected chi connectivity index (χ4v) is 2.36. The number of esters is 1. The predicted octanol–water partition coefficient (Wildman–Crippen LogP) is 2.18. The van der Waals surface area contributed by atoms with Crippen molar-refractivity contribution in [2.45, 2.75) is 71.6 Å². The largest absolute Gasteiger partial charge is 0.459 e. The molecule has 1 N–H and O–H groups in total. The second kappa shape index (κ2) is 7.25. The molecule has 0 radical (unpaired) electrons. The van der Waals surface area contributed by atoms with Crippen LogP contribution in [-0.2, 0) is 9.53 Å². The van der Waals surface area contributed by atoms with Gasteiger partial charge in [-0.15, -0.1) is 0 Å². The number of nitrogens with zero attached hydrogens (tertiary/aromatic N) is 1. The summed E-state index contributed by atoms with van der Waals surface area (Å²) in [4.78, 5) is 14.1. The van der Waals surface area contributed by atoms with Crippen LogP contribution in [0.5, 0.6) is 0 Å². The first-order chi connectivity index (χ1) is 8.78. The molecule has 0 saturated carbocycles. The van der Waals surface area contributed by atoms with Gasteiger partial charge < -0.3 is 10.1 Å². The summed E-state index contributed by atoms with van der Waals surface area (Å²) in [5, 5.41) is 3.53. The Morgan fingerprint density at radius 1 is 1.37 bits per heavy atom. The van der Waals surface area contributed by atoms with Crippen molar-refractivity contribution in [3.63, 3.8) is 0 Å². The minimum atomic E-state index is -0.400. The van der Waals surface area contributed by atoms with E-state index in [1.54, 1.807) is 0 Å². The Labute approximate surface area is 117 Å². The van der Waals surface area contributed by atoms with Gasteiger partial charge in [0, 0.05) is 18.6 Å². The maximum Gasteiger partial charge on any atom is 0.320 e. The standard InChI is InChI=1S/C15H30N2O2/c1-12(2)17(10-13-8-6-7-9-16-13)11-14(18)19-15(3,4)5/h12-13,16H,6-11H2,1-5H3. The van der Waals surface area contributed by atoms with Gasteiger partial charge in [-0.2, -0.15) is 0 Å². The molecule has 0 spiro atoms. The molecule has 1 fully saturated rings. The van der Waals surface area contributed by atoms with Crippen molar-refractivity contribution in [1.29, 1.82) is 0 Å². The van der Waals surface area contributed by atoms with Crippen LogP contribution in [0.1, 0.15) is 53.9 Å². The maximum absolute atomic E-state index is 11.9. The van der Waals surface area contributed by atoms with Gasteiger partial charge in [0.05, 0.1) is 6.54 Å². The monoisotopic (exact) mass is 270 g/mol. The molecule has 0 aliphatic carbocycles. The van der Waals surface area contributed by atoms with Crippen molar-refractivity contribution in [2.24, 2.45) is 0 Å². The number of carbonyl (C=O) groups excluding carboxylic acids is 1. The van der Waals surface area contributed by atoms with E-state index < -0.39 is 5.60 Å². The molecule has 1 heterocycles. The highest BCUT2D eigenvalue weighted by molar-refractivity contribution is 5.72. The van der Waals surface area contributed by atoms with E-state index in [1.807, 2.05) is 20.8 Å². The second-order valence-electron chi connectivity index (χ2n) is 6.76. The summed E-state index contributed by atoms with van der Waals surface area (Å²) in [6.07, 6.45) is 3.76. The first-order valence-electron chi connectivity index (χ1n) is 7.47. The number of nitrogens with one attached hydrogen (secondary N) is 1. The smallest absolute Gasteiger partial charge is 0.320 e. The molecular weight excluding hydrogens is 240 g/mol. The Bertz CT molecular complexity index is 278. The lowest BCUT2D eigenvalue weighted by Crippen LogP contribution is -2.48. The van der Waals surface area contributed by atoms with Gasteiger partial charge in [0.2, 0.25) is 0 Å². The molecule has 1 rings (SSSR count). The third-order valence-corrected chi connectivity index (χ3v) is 3.35. The molecule has 0 bridgehead atoms. The highest BCUT2D eigenvalue weighted by Gasteiger charge is 2.23. The molecule has 1 unspecified atom stereocenters. The number of hydrogen-bond acceptors (Lipinski definition) is 4. The van der Waals surface area contributed by atoms with Crippen LogP contribution in [0, 0.1) is 0 Å². The van der Waals surface area contributed by atoms with E-state index >= 15 is 0 Å². The highest BCUT2D eigenvalue weighted by atomic mass is 16.6. The van der Waals surface area contributed by atoms with Crippen LogP contribution < -0.4 is 5.32 Å². The lowest BCUT2D eigenvalue weighted by molar-refractivity contribution is -0.156. The topological polar surface area (TPSA) is 41.6 Å². The quantitative estimate of drug-likeness (QED) is 0.778. The van der Waals surface area contributed by atoms with Gasteiger partial charge in [-0.25, -0.2) is 0 Å². The lowest BCUT2D eigenvalue weighted by atomic mass is 10.0. The summed E-state index contributed by atoms with van der Waals surface area (Å²) < 4.78 is 5.41. The van der Waals surface area contributed by atoms with Crippen LogP contribution in [0.2, 0.25) is 0 Å². The van der Waals surface area contributed by atoms with E-state index in [0.717, 1.165) is 13.1 Å². The third kappa shape index (κ3) is 6.92. The number of ether oxygens (including phenoxy) is 1. The third-order valence-electron chi connectivity index (χ3n) is 3.35. The Kier molecular flexibility index (Phi) is 6.27. The molecule has 0 aromatic rings. The molecular formula is C15H30N2O2. The van der Waals surface area contributed by atoms with Crippen LogP contribution >= 0.6 is 0 Å². The number of hydrogen-bond donors (Lipinski definition) is 1. The molecule has 4 nitrogen and oxygen atoms in total. The van der Waals surface area contributed by atoms with Crippen molar-refractivity contribution < 1.29 is 9.53 Å². The second-order valence-corrected chi connectivity index (χ2v) is 6.76. The van der Waals surface area contributed by atoms with Gasteiger partial charge in [0.1, 0.15) is 5.60 Å². The van der Waals surface area contributed by atoms with Gasteiger partial charge in [0.15, 0.2) is 0 Å². The molecule has 0 aromatic carbocycles. The van der Waals surface area contributed by atoms with Gasteiger partial charge in [-0.1, -0.05) is 6.42 Å². The van der Waals surface area contributed by atoms with E-state index in [0.29, 0.717) is 18.6 Å². The van der Waals surface area contributed by atoms with Crippen LogP contribution in [-0.4, -0.2) is 48.2 Å². The first-order valence-corrected chi connectivity index (χ1v) is 7.47. The van der Waals surface area contributed by atoms with E-state index in [4.69, 9.17) is 4.74 Å². The SMILES string of the molecule is CC(C)N(CC(=O)OC(C)(C)C)CC1CCCCN1. The van der Waals surface area contributed by atoms with Gasteiger partial charge in [-0.3, -0.25) is 9.69 Å². The minimum absolute atomic E-state index is 0.128. The summed E-state index contributed by atoms with van der Waals surface area (Å²) in [6, 6.07) is 0.870. The predicted molar refractivity (Wildman–Crippen MR) is 78.2 cm³/mol.